The fourth-order valence-corrected chi connectivity index (χ4v) is 1.93. The summed E-state index contributed by atoms with van der Waals surface area (Å²) in [7, 11) is 0. The molecule has 2 aromatic rings. The lowest BCUT2D eigenvalue weighted by molar-refractivity contribution is -0.274. The van der Waals surface area contributed by atoms with Crippen molar-refractivity contribution >= 4 is 21.6 Å². The first-order valence-electron chi connectivity index (χ1n) is 5.61. The number of hydrogen-bond donors (Lipinski definition) is 1. The van der Waals surface area contributed by atoms with Crippen LogP contribution in [0.25, 0.3) is 0 Å². The highest BCUT2D eigenvalue weighted by Gasteiger charge is 2.31. The van der Waals surface area contributed by atoms with Gasteiger partial charge in [-0.05, 0) is 39.7 Å². The minimum absolute atomic E-state index is 0.232. The van der Waals surface area contributed by atoms with Gasteiger partial charge in [0.05, 0.1) is 11.9 Å². The summed E-state index contributed by atoms with van der Waals surface area (Å²) in [6.45, 7) is 0.368. The maximum Gasteiger partial charge on any atom is 0.573 e. The highest BCUT2D eigenvalue weighted by Crippen LogP contribution is 2.23. The molecule has 1 N–H and O–H groups in total. The highest BCUT2D eigenvalue weighted by atomic mass is 79.9. The van der Waals surface area contributed by atoms with Crippen LogP contribution >= 0.6 is 15.9 Å². The molecule has 106 valence electrons. The average Bonchev–Trinajstić information content (AvgIpc) is 2.35. The first-order valence-corrected chi connectivity index (χ1v) is 6.41. The zero-order chi connectivity index (χ0) is 14.6. The van der Waals surface area contributed by atoms with E-state index < -0.39 is 6.36 Å². The van der Waals surface area contributed by atoms with E-state index in [1.54, 1.807) is 18.5 Å². The van der Waals surface area contributed by atoms with Crippen LogP contribution < -0.4 is 10.1 Å². The summed E-state index contributed by atoms with van der Waals surface area (Å²) in [5, 5.41) is 3.06. The van der Waals surface area contributed by atoms with Crippen LogP contribution in [0.5, 0.6) is 5.75 Å². The molecular formula is C13H10BrF3N2O. The number of nitrogens with one attached hydrogen (secondary N) is 1. The molecule has 0 aliphatic rings. The zero-order valence-electron chi connectivity index (χ0n) is 10.1. The van der Waals surface area contributed by atoms with Crippen molar-refractivity contribution in [2.45, 2.75) is 12.9 Å². The second-order valence-electron chi connectivity index (χ2n) is 3.94. The summed E-state index contributed by atoms with van der Waals surface area (Å²) in [6, 6.07) is 7.64. The van der Waals surface area contributed by atoms with Crippen molar-refractivity contribution in [2.24, 2.45) is 0 Å². The maximum absolute atomic E-state index is 12.1. The van der Waals surface area contributed by atoms with E-state index in [0.717, 1.165) is 10.2 Å². The van der Waals surface area contributed by atoms with Crippen LogP contribution in [0, 0.1) is 0 Å². The van der Waals surface area contributed by atoms with Crippen molar-refractivity contribution in [3.63, 3.8) is 0 Å². The third-order valence-corrected chi connectivity index (χ3v) is 2.77. The summed E-state index contributed by atoms with van der Waals surface area (Å²) >= 11 is 3.29. The van der Waals surface area contributed by atoms with Crippen molar-refractivity contribution in [3.05, 3.63) is 52.8 Å². The van der Waals surface area contributed by atoms with E-state index in [9.17, 15) is 13.2 Å². The summed E-state index contributed by atoms with van der Waals surface area (Å²) in [5.41, 5.74) is 1.44. The van der Waals surface area contributed by atoms with Gasteiger partial charge in [0.15, 0.2) is 0 Å². The van der Waals surface area contributed by atoms with E-state index in [1.807, 2.05) is 6.07 Å². The van der Waals surface area contributed by atoms with Crippen LogP contribution in [0.3, 0.4) is 0 Å². The summed E-state index contributed by atoms with van der Waals surface area (Å²) in [4.78, 5) is 3.98. The van der Waals surface area contributed by atoms with Gasteiger partial charge < -0.3 is 10.1 Å². The van der Waals surface area contributed by atoms with E-state index in [0.29, 0.717) is 12.1 Å². The molecule has 20 heavy (non-hydrogen) atoms. The van der Waals surface area contributed by atoms with Gasteiger partial charge in [-0.2, -0.15) is 0 Å². The molecule has 0 fully saturated rings. The molecule has 1 heterocycles. The van der Waals surface area contributed by atoms with Gasteiger partial charge in [-0.1, -0.05) is 12.1 Å². The molecule has 0 aliphatic heterocycles. The summed E-state index contributed by atoms with van der Waals surface area (Å²) < 4.78 is 41.0. The standard InChI is InChI=1S/C13H10BrF3N2O/c14-10-5-11(8-18-7-10)19-6-9-2-1-3-12(4-9)20-13(15,16)17/h1-5,7-8,19H,6H2. The van der Waals surface area contributed by atoms with Crippen LogP contribution in [0.15, 0.2) is 47.2 Å². The molecule has 3 nitrogen and oxygen atoms in total. The van der Waals surface area contributed by atoms with Gasteiger partial charge in [-0.15, -0.1) is 13.2 Å². The average molecular weight is 347 g/mol. The molecule has 0 saturated carbocycles. The number of benzene rings is 1. The van der Waals surface area contributed by atoms with Gasteiger partial charge in [0.2, 0.25) is 0 Å². The first kappa shape index (κ1) is 14.6. The monoisotopic (exact) mass is 346 g/mol. The topological polar surface area (TPSA) is 34.1 Å². The van der Waals surface area contributed by atoms with Gasteiger partial charge in [0, 0.05) is 17.2 Å². The fourth-order valence-electron chi connectivity index (χ4n) is 1.57. The maximum atomic E-state index is 12.1. The first-order chi connectivity index (χ1) is 9.42. The molecular weight excluding hydrogens is 337 g/mol. The molecule has 1 aromatic heterocycles. The molecule has 0 radical (unpaired) electrons. The van der Waals surface area contributed by atoms with Crippen molar-refractivity contribution in [3.8, 4) is 5.75 Å². The Morgan fingerprint density at radius 3 is 2.70 bits per heavy atom. The van der Waals surface area contributed by atoms with E-state index in [1.165, 1.54) is 18.2 Å². The van der Waals surface area contributed by atoms with Crippen molar-refractivity contribution < 1.29 is 17.9 Å². The van der Waals surface area contributed by atoms with Crippen LogP contribution in [-0.4, -0.2) is 11.3 Å². The highest BCUT2D eigenvalue weighted by molar-refractivity contribution is 9.10. The Morgan fingerprint density at radius 2 is 2.00 bits per heavy atom. The molecule has 0 atom stereocenters. The van der Waals surface area contributed by atoms with E-state index >= 15 is 0 Å². The van der Waals surface area contributed by atoms with Crippen molar-refractivity contribution in [2.75, 3.05) is 5.32 Å². The van der Waals surface area contributed by atoms with Gasteiger partial charge in [0.25, 0.3) is 0 Å². The summed E-state index contributed by atoms with van der Waals surface area (Å²) in [6.07, 6.45) is -1.41. The van der Waals surface area contributed by atoms with Gasteiger partial charge in [-0.3, -0.25) is 4.98 Å². The molecule has 0 saturated heterocycles. The Kier molecular flexibility index (Phi) is 4.49. The number of ether oxygens (including phenoxy) is 1. The lowest BCUT2D eigenvalue weighted by Gasteiger charge is -2.11. The molecule has 2 rings (SSSR count). The Hall–Kier alpha value is -1.76. The predicted octanol–water partition coefficient (Wildman–Crippen LogP) is 4.35. The number of hydrogen-bond acceptors (Lipinski definition) is 3. The quantitative estimate of drug-likeness (QED) is 0.893. The smallest absolute Gasteiger partial charge is 0.406 e. The third-order valence-electron chi connectivity index (χ3n) is 2.33. The van der Waals surface area contributed by atoms with Crippen LogP contribution in [0.2, 0.25) is 0 Å². The Labute approximate surface area is 121 Å². The number of anilines is 1. The minimum Gasteiger partial charge on any atom is -0.406 e. The van der Waals surface area contributed by atoms with Crippen LogP contribution in [0.4, 0.5) is 18.9 Å². The molecule has 0 amide bonds. The third kappa shape index (κ3) is 4.73. The van der Waals surface area contributed by atoms with Crippen molar-refractivity contribution in [1.82, 2.24) is 4.98 Å². The number of nitrogens with zero attached hydrogens (tertiary/aromatic N) is 1. The molecule has 0 aliphatic carbocycles. The summed E-state index contributed by atoms with van der Waals surface area (Å²) in [5.74, 6) is -0.232. The van der Waals surface area contributed by atoms with Gasteiger partial charge in [-0.25, -0.2) is 0 Å². The van der Waals surface area contributed by atoms with Crippen LogP contribution in [0.1, 0.15) is 5.56 Å². The van der Waals surface area contributed by atoms with Gasteiger partial charge in [0.1, 0.15) is 5.75 Å². The second kappa shape index (κ2) is 6.13. The largest absolute Gasteiger partial charge is 0.573 e. The number of halogens is 4. The number of pyridine rings is 1. The van der Waals surface area contributed by atoms with E-state index in [4.69, 9.17) is 0 Å². The SMILES string of the molecule is FC(F)(F)Oc1cccc(CNc2cncc(Br)c2)c1. The lowest BCUT2D eigenvalue weighted by atomic mass is 10.2. The normalized spacial score (nSPS) is 11.2. The molecule has 0 spiro atoms. The predicted molar refractivity (Wildman–Crippen MR) is 72.4 cm³/mol. The Bertz CT molecular complexity index is 590. The van der Waals surface area contributed by atoms with Crippen molar-refractivity contribution in [1.29, 1.82) is 0 Å². The number of rotatable bonds is 4. The number of alkyl halides is 3. The van der Waals surface area contributed by atoms with Crippen LogP contribution in [-0.2, 0) is 6.54 Å². The second-order valence-corrected chi connectivity index (χ2v) is 4.86. The molecule has 7 heteroatoms. The molecule has 1 aromatic carbocycles. The number of aromatic nitrogens is 1. The molecule has 0 bridgehead atoms. The van der Waals surface area contributed by atoms with E-state index in [-0.39, 0.29) is 5.75 Å². The zero-order valence-corrected chi connectivity index (χ0v) is 11.7. The Morgan fingerprint density at radius 1 is 1.20 bits per heavy atom. The van der Waals surface area contributed by atoms with E-state index in [2.05, 4.69) is 31.0 Å². The minimum atomic E-state index is -4.68. The van der Waals surface area contributed by atoms with Gasteiger partial charge >= 0.3 is 6.36 Å². The fraction of sp³-hybridized carbons (Fsp3) is 0.154. The lowest BCUT2D eigenvalue weighted by Crippen LogP contribution is -2.17. The Balaban J connectivity index is 2.01. The molecule has 0 unspecified atom stereocenters.